The number of hydrogen-bond donors (Lipinski definition) is 1. The predicted octanol–water partition coefficient (Wildman–Crippen LogP) is 0.363. The molecule has 1 aromatic heterocycles. The molecule has 0 aromatic carbocycles. The van der Waals surface area contributed by atoms with Gasteiger partial charge < -0.3 is 10.6 Å². The first kappa shape index (κ1) is 12.7. The molecule has 0 saturated heterocycles. The van der Waals surface area contributed by atoms with E-state index in [1.54, 1.807) is 15.8 Å². The van der Waals surface area contributed by atoms with Gasteiger partial charge in [-0.25, -0.2) is 0 Å². The molecule has 0 spiro atoms. The predicted molar refractivity (Wildman–Crippen MR) is 62.5 cm³/mol. The molecule has 1 unspecified atom stereocenters. The molecule has 5 heteroatoms. The lowest BCUT2D eigenvalue weighted by molar-refractivity contribution is -0.134. The highest BCUT2D eigenvalue weighted by Gasteiger charge is 2.16. The third-order valence-electron chi connectivity index (χ3n) is 2.58. The Morgan fingerprint density at radius 3 is 2.88 bits per heavy atom. The van der Waals surface area contributed by atoms with Gasteiger partial charge in [0.05, 0.1) is 6.20 Å². The molecular weight excluding hydrogens is 204 g/mol. The van der Waals surface area contributed by atoms with Crippen molar-refractivity contribution in [3.05, 3.63) is 18.0 Å². The molecule has 0 fully saturated rings. The number of aromatic nitrogens is 2. The van der Waals surface area contributed by atoms with Crippen molar-refractivity contribution in [3.63, 3.8) is 0 Å². The Bertz CT molecular complexity index is 348. The quantitative estimate of drug-likeness (QED) is 0.785. The highest BCUT2D eigenvalue weighted by molar-refractivity contribution is 5.78. The van der Waals surface area contributed by atoms with Crippen LogP contribution in [0.15, 0.2) is 12.4 Å². The van der Waals surface area contributed by atoms with Crippen LogP contribution in [0, 0.1) is 5.92 Å². The maximum Gasteiger partial charge on any atom is 0.225 e. The van der Waals surface area contributed by atoms with E-state index in [1.165, 1.54) is 0 Å². The Balaban J connectivity index is 2.51. The Labute approximate surface area is 96.2 Å². The van der Waals surface area contributed by atoms with Crippen LogP contribution in [0.5, 0.6) is 0 Å². The fourth-order valence-electron chi connectivity index (χ4n) is 1.66. The summed E-state index contributed by atoms with van der Waals surface area (Å²) in [5.74, 6) is 0.126. The maximum atomic E-state index is 11.9. The van der Waals surface area contributed by atoms with Gasteiger partial charge in [-0.1, -0.05) is 6.92 Å². The third-order valence-corrected chi connectivity index (χ3v) is 2.58. The normalized spacial score (nSPS) is 12.5. The van der Waals surface area contributed by atoms with E-state index >= 15 is 0 Å². The second-order valence-corrected chi connectivity index (χ2v) is 4.19. The molecular formula is C11H20N4O. The lowest BCUT2D eigenvalue weighted by Gasteiger charge is -2.20. The largest absolute Gasteiger partial charge is 0.341 e. The van der Waals surface area contributed by atoms with Gasteiger partial charge in [0.15, 0.2) is 0 Å². The Kier molecular flexibility index (Phi) is 4.49. The van der Waals surface area contributed by atoms with Gasteiger partial charge in [-0.2, -0.15) is 5.10 Å². The molecule has 0 bridgehead atoms. The number of aryl methyl sites for hydroxylation is 1. The molecule has 90 valence electrons. The van der Waals surface area contributed by atoms with E-state index < -0.39 is 0 Å². The van der Waals surface area contributed by atoms with E-state index in [9.17, 15) is 4.79 Å². The molecule has 1 aromatic rings. The van der Waals surface area contributed by atoms with Gasteiger partial charge in [0.25, 0.3) is 0 Å². The van der Waals surface area contributed by atoms with Crippen molar-refractivity contribution >= 4 is 5.91 Å². The first-order valence-corrected chi connectivity index (χ1v) is 5.47. The molecule has 1 rings (SSSR count). The zero-order valence-electron chi connectivity index (χ0n) is 10.2. The summed E-state index contributed by atoms with van der Waals surface area (Å²) in [7, 11) is 3.67. The molecule has 16 heavy (non-hydrogen) atoms. The minimum Gasteiger partial charge on any atom is -0.341 e. The number of nitrogens with zero attached hydrogens (tertiary/aromatic N) is 3. The fourth-order valence-corrected chi connectivity index (χ4v) is 1.66. The summed E-state index contributed by atoms with van der Waals surface area (Å²) < 4.78 is 1.73. The first-order chi connectivity index (χ1) is 7.54. The van der Waals surface area contributed by atoms with Crippen molar-refractivity contribution in [2.75, 3.05) is 13.6 Å². The van der Waals surface area contributed by atoms with Crippen molar-refractivity contribution in [1.82, 2.24) is 14.7 Å². The van der Waals surface area contributed by atoms with Crippen LogP contribution in [0.25, 0.3) is 0 Å². The van der Waals surface area contributed by atoms with Crippen LogP contribution in [-0.2, 0) is 18.4 Å². The van der Waals surface area contributed by atoms with E-state index in [1.807, 2.05) is 27.2 Å². The molecule has 1 heterocycles. The average molecular weight is 224 g/mol. The molecule has 2 N–H and O–H groups in total. The van der Waals surface area contributed by atoms with Gasteiger partial charge in [-0.05, 0) is 13.0 Å². The van der Waals surface area contributed by atoms with Crippen LogP contribution in [0.2, 0.25) is 0 Å². The van der Waals surface area contributed by atoms with E-state index in [4.69, 9.17) is 5.73 Å². The van der Waals surface area contributed by atoms with Gasteiger partial charge in [0, 0.05) is 38.3 Å². The minimum absolute atomic E-state index is 0.00771. The van der Waals surface area contributed by atoms with Crippen LogP contribution in [0.3, 0.4) is 0 Å². The number of carbonyl (C=O) groups is 1. The van der Waals surface area contributed by atoms with Gasteiger partial charge in [-0.15, -0.1) is 0 Å². The Hall–Kier alpha value is -1.36. The molecule has 0 aliphatic heterocycles. The zero-order chi connectivity index (χ0) is 12.1. The molecule has 0 radical (unpaired) electrons. The van der Waals surface area contributed by atoms with E-state index in [0.717, 1.165) is 12.0 Å². The Morgan fingerprint density at radius 1 is 1.69 bits per heavy atom. The Morgan fingerprint density at radius 2 is 2.38 bits per heavy atom. The minimum atomic E-state index is -0.00771. The molecule has 5 nitrogen and oxygen atoms in total. The molecule has 0 saturated carbocycles. The highest BCUT2D eigenvalue weighted by atomic mass is 16.2. The van der Waals surface area contributed by atoms with Crippen molar-refractivity contribution in [3.8, 4) is 0 Å². The zero-order valence-corrected chi connectivity index (χ0v) is 10.2. The SMILES string of the molecule is CC(CCN)C(=O)N(C)Cc1cnn(C)c1. The maximum absolute atomic E-state index is 11.9. The lowest BCUT2D eigenvalue weighted by atomic mass is 10.1. The van der Waals surface area contributed by atoms with Crippen molar-refractivity contribution < 1.29 is 4.79 Å². The molecule has 0 aliphatic carbocycles. The monoisotopic (exact) mass is 224 g/mol. The summed E-state index contributed by atoms with van der Waals surface area (Å²) in [4.78, 5) is 13.6. The van der Waals surface area contributed by atoms with E-state index in [2.05, 4.69) is 5.10 Å². The van der Waals surface area contributed by atoms with E-state index in [0.29, 0.717) is 13.1 Å². The van der Waals surface area contributed by atoms with Crippen molar-refractivity contribution in [2.45, 2.75) is 19.9 Å². The lowest BCUT2D eigenvalue weighted by Crippen LogP contribution is -2.32. The number of carbonyl (C=O) groups excluding carboxylic acids is 1. The molecule has 1 amide bonds. The van der Waals surface area contributed by atoms with Crippen LogP contribution in [0.4, 0.5) is 0 Å². The second kappa shape index (κ2) is 5.65. The topological polar surface area (TPSA) is 64.2 Å². The summed E-state index contributed by atoms with van der Waals surface area (Å²) in [5.41, 5.74) is 6.48. The van der Waals surface area contributed by atoms with Crippen LogP contribution in [-0.4, -0.2) is 34.2 Å². The van der Waals surface area contributed by atoms with Gasteiger partial charge in [-0.3, -0.25) is 9.48 Å². The average Bonchev–Trinajstić information content (AvgIpc) is 2.63. The first-order valence-electron chi connectivity index (χ1n) is 5.47. The summed E-state index contributed by atoms with van der Waals surface area (Å²) >= 11 is 0. The number of rotatable bonds is 5. The van der Waals surface area contributed by atoms with Crippen LogP contribution >= 0.6 is 0 Å². The van der Waals surface area contributed by atoms with Gasteiger partial charge >= 0.3 is 0 Å². The smallest absolute Gasteiger partial charge is 0.225 e. The summed E-state index contributed by atoms with van der Waals surface area (Å²) in [6.45, 7) is 3.06. The highest BCUT2D eigenvalue weighted by Crippen LogP contribution is 2.08. The van der Waals surface area contributed by atoms with Crippen molar-refractivity contribution in [1.29, 1.82) is 0 Å². The number of hydrogen-bond acceptors (Lipinski definition) is 3. The van der Waals surface area contributed by atoms with E-state index in [-0.39, 0.29) is 11.8 Å². The summed E-state index contributed by atoms with van der Waals surface area (Å²) in [6.07, 6.45) is 4.42. The van der Waals surface area contributed by atoms with Gasteiger partial charge in [0.2, 0.25) is 5.91 Å². The standard InChI is InChI=1S/C11H20N4O/c1-9(4-5-12)11(16)14(2)7-10-6-13-15(3)8-10/h6,8-9H,4-5,7,12H2,1-3H3. The molecule has 0 aliphatic rings. The van der Waals surface area contributed by atoms with Crippen LogP contribution in [0.1, 0.15) is 18.9 Å². The number of amides is 1. The van der Waals surface area contributed by atoms with Gasteiger partial charge in [0.1, 0.15) is 0 Å². The summed E-state index contributed by atoms with van der Waals surface area (Å²) in [5, 5.41) is 4.07. The van der Waals surface area contributed by atoms with Crippen LogP contribution < -0.4 is 5.73 Å². The fraction of sp³-hybridized carbons (Fsp3) is 0.636. The summed E-state index contributed by atoms with van der Waals surface area (Å²) in [6, 6.07) is 0. The van der Waals surface area contributed by atoms with Crippen molar-refractivity contribution in [2.24, 2.45) is 18.7 Å². The molecule has 1 atom stereocenters. The second-order valence-electron chi connectivity index (χ2n) is 4.19. The number of nitrogens with two attached hydrogens (primary N) is 1. The third kappa shape index (κ3) is 3.34.